The Kier molecular flexibility index (Phi) is 3.78. The Morgan fingerprint density at radius 1 is 1.31 bits per heavy atom. The molecule has 0 amide bonds. The Morgan fingerprint density at radius 3 is 2.69 bits per heavy atom. The lowest BCUT2D eigenvalue weighted by Crippen LogP contribution is -2.27. The van der Waals surface area contributed by atoms with Gasteiger partial charge in [-0.15, -0.1) is 0 Å². The number of rotatable bonds is 6. The van der Waals surface area contributed by atoms with Crippen LogP contribution >= 0.6 is 0 Å². The van der Waals surface area contributed by atoms with Crippen LogP contribution < -0.4 is 5.73 Å². The summed E-state index contributed by atoms with van der Waals surface area (Å²) < 4.78 is 12.2. The van der Waals surface area contributed by atoms with E-state index in [0.717, 1.165) is 24.3 Å². The molecule has 1 saturated carbocycles. The van der Waals surface area contributed by atoms with E-state index in [-0.39, 0.29) is 6.67 Å². The van der Waals surface area contributed by atoms with Crippen molar-refractivity contribution in [2.24, 2.45) is 0 Å². The number of nitrogens with two attached hydrogens (primary N) is 1. The van der Waals surface area contributed by atoms with Gasteiger partial charge in [0.1, 0.15) is 0 Å². The fourth-order valence-electron chi connectivity index (χ4n) is 1.99. The number of para-hydroxylation sites is 1. The summed E-state index contributed by atoms with van der Waals surface area (Å²) in [4.78, 5) is 2.35. The van der Waals surface area contributed by atoms with Gasteiger partial charge in [-0.25, -0.2) is 0 Å². The molecule has 0 atom stereocenters. The zero-order chi connectivity index (χ0) is 11.4. The minimum atomic E-state index is -0.229. The van der Waals surface area contributed by atoms with Crippen LogP contribution in [0.25, 0.3) is 0 Å². The lowest BCUT2D eigenvalue weighted by molar-refractivity contribution is 0.241. The Balaban J connectivity index is 1.97. The molecule has 2 rings (SSSR count). The highest BCUT2D eigenvalue weighted by atomic mass is 19.1. The second kappa shape index (κ2) is 5.30. The van der Waals surface area contributed by atoms with Gasteiger partial charge in [0.05, 0.1) is 6.67 Å². The molecule has 0 aromatic heterocycles. The molecule has 1 aromatic carbocycles. The smallest absolute Gasteiger partial charge is 0.0906 e. The largest absolute Gasteiger partial charge is 0.398 e. The van der Waals surface area contributed by atoms with Crippen molar-refractivity contribution in [3.8, 4) is 0 Å². The van der Waals surface area contributed by atoms with Crippen molar-refractivity contribution < 1.29 is 4.39 Å². The molecule has 1 aliphatic rings. The highest BCUT2D eigenvalue weighted by molar-refractivity contribution is 5.46. The van der Waals surface area contributed by atoms with Crippen molar-refractivity contribution in [2.45, 2.75) is 31.8 Å². The molecule has 0 spiro atoms. The van der Waals surface area contributed by atoms with Crippen LogP contribution in [0.1, 0.15) is 24.8 Å². The summed E-state index contributed by atoms with van der Waals surface area (Å²) >= 11 is 0. The first-order chi connectivity index (χ1) is 7.81. The quantitative estimate of drug-likeness (QED) is 0.750. The van der Waals surface area contributed by atoms with E-state index >= 15 is 0 Å². The molecule has 88 valence electrons. The first kappa shape index (κ1) is 11.4. The van der Waals surface area contributed by atoms with Gasteiger partial charge in [-0.2, -0.15) is 0 Å². The van der Waals surface area contributed by atoms with Gasteiger partial charge in [0.25, 0.3) is 0 Å². The first-order valence-electron chi connectivity index (χ1n) is 5.94. The monoisotopic (exact) mass is 222 g/mol. The van der Waals surface area contributed by atoms with Gasteiger partial charge < -0.3 is 5.73 Å². The number of anilines is 1. The third-order valence-electron chi connectivity index (χ3n) is 3.07. The number of alkyl halides is 1. The van der Waals surface area contributed by atoms with E-state index in [2.05, 4.69) is 11.0 Å². The second-order valence-electron chi connectivity index (χ2n) is 4.44. The van der Waals surface area contributed by atoms with Crippen LogP contribution in [0.4, 0.5) is 10.1 Å². The molecule has 2 N–H and O–H groups in total. The first-order valence-corrected chi connectivity index (χ1v) is 5.94. The number of hydrogen-bond donors (Lipinski definition) is 1. The summed E-state index contributed by atoms with van der Waals surface area (Å²) in [5.74, 6) is 0. The standard InChI is InChI=1S/C13H19FN2/c14-8-3-9-16(12-6-7-12)10-11-4-1-2-5-13(11)15/h1-2,4-5,12H,3,6-10,15H2. The van der Waals surface area contributed by atoms with E-state index < -0.39 is 0 Å². The summed E-state index contributed by atoms with van der Waals surface area (Å²) in [5, 5.41) is 0. The fourth-order valence-corrected chi connectivity index (χ4v) is 1.99. The zero-order valence-corrected chi connectivity index (χ0v) is 9.53. The number of nitrogens with zero attached hydrogens (tertiary/aromatic N) is 1. The molecule has 1 aliphatic carbocycles. The second-order valence-corrected chi connectivity index (χ2v) is 4.44. The zero-order valence-electron chi connectivity index (χ0n) is 9.53. The summed E-state index contributed by atoms with van der Waals surface area (Å²) in [7, 11) is 0. The lowest BCUT2D eigenvalue weighted by Gasteiger charge is -2.22. The van der Waals surface area contributed by atoms with Gasteiger partial charge in [0.2, 0.25) is 0 Å². The maximum absolute atomic E-state index is 12.2. The van der Waals surface area contributed by atoms with Crippen LogP contribution in [0.15, 0.2) is 24.3 Å². The number of nitrogen functional groups attached to an aromatic ring is 1. The van der Waals surface area contributed by atoms with Gasteiger partial charge >= 0.3 is 0 Å². The van der Waals surface area contributed by atoms with Crippen LogP contribution in [0, 0.1) is 0 Å². The molecule has 0 unspecified atom stereocenters. The number of hydrogen-bond acceptors (Lipinski definition) is 2. The summed E-state index contributed by atoms with van der Waals surface area (Å²) in [6.07, 6.45) is 3.13. The van der Waals surface area contributed by atoms with Gasteiger partial charge in [-0.1, -0.05) is 18.2 Å². The average molecular weight is 222 g/mol. The van der Waals surface area contributed by atoms with E-state index in [1.807, 2.05) is 18.2 Å². The maximum atomic E-state index is 12.2. The maximum Gasteiger partial charge on any atom is 0.0906 e. The molecule has 2 nitrogen and oxygen atoms in total. The van der Waals surface area contributed by atoms with Gasteiger partial charge in [-0.05, 0) is 30.9 Å². The van der Waals surface area contributed by atoms with Crippen LogP contribution in [-0.2, 0) is 6.54 Å². The van der Waals surface area contributed by atoms with Gasteiger partial charge in [0, 0.05) is 24.8 Å². The van der Waals surface area contributed by atoms with E-state index in [0.29, 0.717) is 12.5 Å². The van der Waals surface area contributed by atoms with Crippen LogP contribution in [0.2, 0.25) is 0 Å². The minimum absolute atomic E-state index is 0.229. The van der Waals surface area contributed by atoms with Crippen LogP contribution in [0.5, 0.6) is 0 Å². The van der Waals surface area contributed by atoms with Crippen molar-refractivity contribution in [1.82, 2.24) is 4.90 Å². The minimum Gasteiger partial charge on any atom is -0.398 e. The molecular weight excluding hydrogens is 203 g/mol. The Morgan fingerprint density at radius 2 is 2.06 bits per heavy atom. The summed E-state index contributed by atoms with van der Waals surface area (Å²) in [6.45, 7) is 1.47. The molecule has 3 heteroatoms. The van der Waals surface area contributed by atoms with E-state index in [9.17, 15) is 4.39 Å². The number of benzene rings is 1. The van der Waals surface area contributed by atoms with Crippen LogP contribution in [-0.4, -0.2) is 24.2 Å². The Hall–Kier alpha value is -1.09. The molecule has 0 bridgehead atoms. The summed E-state index contributed by atoms with van der Waals surface area (Å²) in [6, 6.07) is 8.59. The Labute approximate surface area is 96.2 Å². The molecule has 0 saturated heterocycles. The predicted molar refractivity (Wildman–Crippen MR) is 64.9 cm³/mol. The van der Waals surface area contributed by atoms with Crippen molar-refractivity contribution >= 4 is 5.69 Å². The molecule has 1 fully saturated rings. The summed E-state index contributed by atoms with van der Waals surface area (Å²) in [5.41, 5.74) is 7.92. The number of halogens is 1. The highest BCUT2D eigenvalue weighted by Gasteiger charge is 2.28. The third-order valence-corrected chi connectivity index (χ3v) is 3.07. The molecular formula is C13H19FN2. The van der Waals surface area contributed by atoms with Crippen molar-refractivity contribution in [2.75, 3.05) is 19.0 Å². The normalized spacial score (nSPS) is 15.6. The lowest BCUT2D eigenvalue weighted by atomic mass is 10.1. The van der Waals surface area contributed by atoms with E-state index in [1.165, 1.54) is 12.8 Å². The van der Waals surface area contributed by atoms with Gasteiger partial charge in [0.15, 0.2) is 0 Å². The Bertz CT molecular complexity index is 336. The predicted octanol–water partition coefficient (Wildman–Crippen LogP) is 2.59. The molecule has 0 radical (unpaired) electrons. The van der Waals surface area contributed by atoms with E-state index in [4.69, 9.17) is 5.73 Å². The topological polar surface area (TPSA) is 29.3 Å². The van der Waals surface area contributed by atoms with Crippen molar-refractivity contribution in [1.29, 1.82) is 0 Å². The molecule has 16 heavy (non-hydrogen) atoms. The van der Waals surface area contributed by atoms with Crippen LogP contribution in [0.3, 0.4) is 0 Å². The fraction of sp³-hybridized carbons (Fsp3) is 0.538. The van der Waals surface area contributed by atoms with Crippen molar-refractivity contribution in [3.05, 3.63) is 29.8 Å². The average Bonchev–Trinajstić information content (AvgIpc) is 3.10. The van der Waals surface area contributed by atoms with E-state index in [1.54, 1.807) is 0 Å². The highest BCUT2D eigenvalue weighted by Crippen LogP contribution is 2.29. The molecule has 0 heterocycles. The van der Waals surface area contributed by atoms with Gasteiger partial charge in [-0.3, -0.25) is 9.29 Å². The molecule has 1 aromatic rings. The third kappa shape index (κ3) is 2.95. The van der Waals surface area contributed by atoms with Crippen molar-refractivity contribution in [3.63, 3.8) is 0 Å². The SMILES string of the molecule is Nc1ccccc1CN(CCCF)C1CC1. The molecule has 0 aliphatic heterocycles.